The molecule has 0 aliphatic heterocycles. The Kier molecular flexibility index (Phi) is 5.65. The van der Waals surface area contributed by atoms with E-state index in [1.165, 1.54) is 11.1 Å². The van der Waals surface area contributed by atoms with Crippen molar-refractivity contribution >= 4 is 33.5 Å². The van der Waals surface area contributed by atoms with Crippen molar-refractivity contribution < 1.29 is 0 Å². The molecule has 0 amide bonds. The van der Waals surface area contributed by atoms with E-state index in [9.17, 15) is 0 Å². The predicted octanol–water partition coefficient (Wildman–Crippen LogP) is 6.06. The third-order valence-electron chi connectivity index (χ3n) is 4.36. The number of halogens is 1. The molecule has 0 aliphatic rings. The van der Waals surface area contributed by atoms with Gasteiger partial charge in [-0.15, -0.1) is 11.3 Å². The van der Waals surface area contributed by atoms with Crippen LogP contribution in [0.4, 0.5) is 0 Å². The number of thiazole rings is 1. The molecular weight excluding hydrogens is 430 g/mol. The van der Waals surface area contributed by atoms with Crippen LogP contribution in [0.15, 0.2) is 98.8 Å². The number of hydrogen-bond donors (Lipinski definition) is 0. The summed E-state index contributed by atoms with van der Waals surface area (Å²) in [6.45, 7) is 0. The molecule has 3 nitrogen and oxygen atoms in total. The molecule has 0 bridgehead atoms. The zero-order chi connectivity index (χ0) is 19.3. The van der Waals surface area contributed by atoms with Crippen LogP contribution in [-0.2, 0) is 0 Å². The Hall–Kier alpha value is -2.76. The average Bonchev–Trinajstić information content (AvgIpc) is 3.17. The van der Waals surface area contributed by atoms with E-state index in [0.29, 0.717) is 0 Å². The van der Waals surface area contributed by atoms with Gasteiger partial charge in [0, 0.05) is 22.5 Å². The lowest BCUT2D eigenvalue weighted by molar-refractivity contribution is 0.848. The molecule has 138 valence electrons. The lowest BCUT2D eigenvalue weighted by Crippen LogP contribution is -2.11. The summed E-state index contributed by atoms with van der Waals surface area (Å²) in [6.07, 6.45) is 1.86. The highest BCUT2D eigenvalue weighted by atomic mass is 79.9. The van der Waals surface area contributed by atoms with Gasteiger partial charge in [0.2, 0.25) is 4.80 Å². The lowest BCUT2D eigenvalue weighted by Gasteiger charge is -2.06. The SMILES string of the molecule is CN=c1scc(-c2ccc(-c3ccccc3)cc2)n1N=Cc1ccc(Br)cc1. The van der Waals surface area contributed by atoms with Crippen LogP contribution in [0.2, 0.25) is 0 Å². The fourth-order valence-corrected chi connectivity index (χ4v) is 3.97. The fraction of sp³-hybridized carbons (Fsp3) is 0.0435. The van der Waals surface area contributed by atoms with Crippen molar-refractivity contribution in [3.05, 3.63) is 99.1 Å². The standard InChI is InChI=1S/C23H18BrN3S/c1-25-23-27(26-15-17-7-13-21(24)14-8-17)22(16-28-23)20-11-9-19(10-12-20)18-5-3-2-4-6-18/h2-16H,1H3. The molecule has 0 aliphatic carbocycles. The molecule has 4 aromatic rings. The topological polar surface area (TPSA) is 29.6 Å². The van der Waals surface area contributed by atoms with Gasteiger partial charge in [0.1, 0.15) is 0 Å². The summed E-state index contributed by atoms with van der Waals surface area (Å²) < 4.78 is 2.95. The van der Waals surface area contributed by atoms with Gasteiger partial charge in [-0.1, -0.05) is 82.7 Å². The van der Waals surface area contributed by atoms with Gasteiger partial charge in [-0.25, -0.2) is 4.68 Å². The summed E-state index contributed by atoms with van der Waals surface area (Å²) in [5.41, 5.74) is 5.58. The molecule has 4 rings (SSSR count). The van der Waals surface area contributed by atoms with Gasteiger partial charge in [-0.2, -0.15) is 5.10 Å². The van der Waals surface area contributed by atoms with E-state index >= 15 is 0 Å². The highest BCUT2D eigenvalue weighted by Gasteiger charge is 2.07. The molecule has 0 saturated heterocycles. The van der Waals surface area contributed by atoms with E-state index in [2.05, 4.69) is 79.9 Å². The van der Waals surface area contributed by atoms with Gasteiger partial charge in [-0.3, -0.25) is 4.99 Å². The molecule has 0 spiro atoms. The molecule has 1 heterocycles. The van der Waals surface area contributed by atoms with E-state index in [-0.39, 0.29) is 0 Å². The highest BCUT2D eigenvalue weighted by Crippen LogP contribution is 2.25. The van der Waals surface area contributed by atoms with E-state index in [4.69, 9.17) is 0 Å². The summed E-state index contributed by atoms with van der Waals surface area (Å²) in [5.74, 6) is 0. The fourth-order valence-electron chi connectivity index (χ4n) is 2.90. The Bertz CT molecular complexity index is 1160. The number of hydrogen-bond acceptors (Lipinski definition) is 3. The molecule has 3 aromatic carbocycles. The van der Waals surface area contributed by atoms with Crippen LogP contribution in [0.5, 0.6) is 0 Å². The molecule has 0 saturated carbocycles. The summed E-state index contributed by atoms with van der Waals surface area (Å²) in [6, 6.07) is 27.0. The second-order valence-corrected chi connectivity index (χ2v) is 7.93. The molecule has 0 atom stereocenters. The monoisotopic (exact) mass is 447 g/mol. The molecule has 0 N–H and O–H groups in total. The van der Waals surface area contributed by atoms with E-state index in [0.717, 1.165) is 26.1 Å². The minimum absolute atomic E-state index is 0.857. The minimum atomic E-state index is 0.857. The molecule has 0 radical (unpaired) electrons. The first-order valence-corrected chi connectivity index (χ1v) is 10.5. The quantitative estimate of drug-likeness (QED) is 0.340. The minimum Gasteiger partial charge on any atom is -0.261 e. The van der Waals surface area contributed by atoms with Crippen LogP contribution < -0.4 is 4.80 Å². The van der Waals surface area contributed by atoms with E-state index < -0.39 is 0 Å². The Balaban J connectivity index is 1.69. The first-order valence-electron chi connectivity index (χ1n) is 8.84. The number of nitrogens with zero attached hydrogens (tertiary/aromatic N) is 3. The van der Waals surface area contributed by atoms with Crippen molar-refractivity contribution in [1.29, 1.82) is 0 Å². The molecule has 0 unspecified atom stereocenters. The Morgan fingerprint density at radius 1 is 0.821 bits per heavy atom. The molecule has 1 aromatic heterocycles. The van der Waals surface area contributed by atoms with Crippen LogP contribution in [-0.4, -0.2) is 17.9 Å². The van der Waals surface area contributed by atoms with Gasteiger partial charge in [0.15, 0.2) is 0 Å². The third kappa shape index (κ3) is 4.06. The lowest BCUT2D eigenvalue weighted by atomic mass is 10.0. The highest BCUT2D eigenvalue weighted by molar-refractivity contribution is 9.10. The predicted molar refractivity (Wildman–Crippen MR) is 122 cm³/mol. The Labute approximate surface area is 176 Å². The van der Waals surface area contributed by atoms with Crippen LogP contribution in [0.1, 0.15) is 5.56 Å². The maximum absolute atomic E-state index is 4.69. The van der Waals surface area contributed by atoms with Crippen molar-refractivity contribution in [2.24, 2.45) is 10.1 Å². The summed E-state index contributed by atoms with van der Waals surface area (Å²) >= 11 is 5.04. The largest absolute Gasteiger partial charge is 0.261 e. The second kappa shape index (κ2) is 8.50. The van der Waals surface area contributed by atoms with Gasteiger partial charge >= 0.3 is 0 Å². The van der Waals surface area contributed by atoms with Crippen LogP contribution >= 0.6 is 27.3 Å². The second-order valence-electron chi connectivity index (χ2n) is 6.18. The first kappa shape index (κ1) is 18.6. The van der Waals surface area contributed by atoms with Gasteiger partial charge in [-0.05, 0) is 28.8 Å². The molecular formula is C23H18BrN3S. The van der Waals surface area contributed by atoms with Crippen LogP contribution in [0.3, 0.4) is 0 Å². The van der Waals surface area contributed by atoms with Crippen molar-refractivity contribution in [2.45, 2.75) is 0 Å². The maximum atomic E-state index is 4.69. The van der Waals surface area contributed by atoms with E-state index in [1.807, 2.05) is 41.2 Å². The van der Waals surface area contributed by atoms with Gasteiger partial charge in [0.05, 0.1) is 11.9 Å². The normalized spacial score (nSPS) is 12.0. The smallest absolute Gasteiger partial charge is 0.205 e. The van der Waals surface area contributed by atoms with E-state index in [1.54, 1.807) is 18.4 Å². The zero-order valence-corrected chi connectivity index (χ0v) is 17.7. The van der Waals surface area contributed by atoms with Crippen molar-refractivity contribution in [3.8, 4) is 22.4 Å². The number of rotatable bonds is 4. The van der Waals surface area contributed by atoms with Gasteiger partial charge < -0.3 is 0 Å². The zero-order valence-electron chi connectivity index (χ0n) is 15.3. The average molecular weight is 448 g/mol. The molecule has 28 heavy (non-hydrogen) atoms. The number of benzene rings is 3. The Morgan fingerprint density at radius 3 is 2.14 bits per heavy atom. The van der Waals surface area contributed by atoms with Crippen molar-refractivity contribution in [2.75, 3.05) is 7.05 Å². The molecule has 5 heteroatoms. The van der Waals surface area contributed by atoms with Crippen molar-refractivity contribution in [1.82, 2.24) is 4.68 Å². The van der Waals surface area contributed by atoms with Gasteiger partial charge in [0.25, 0.3) is 0 Å². The van der Waals surface area contributed by atoms with Crippen molar-refractivity contribution in [3.63, 3.8) is 0 Å². The summed E-state index contributed by atoms with van der Waals surface area (Å²) in [5, 5.41) is 6.78. The maximum Gasteiger partial charge on any atom is 0.205 e. The summed E-state index contributed by atoms with van der Waals surface area (Å²) in [4.78, 5) is 5.23. The van der Waals surface area contributed by atoms with Crippen LogP contribution in [0, 0.1) is 0 Å². The first-order chi connectivity index (χ1) is 13.7. The molecule has 0 fully saturated rings. The third-order valence-corrected chi connectivity index (χ3v) is 5.79. The van der Waals surface area contributed by atoms with Crippen LogP contribution in [0.25, 0.3) is 22.4 Å². The Morgan fingerprint density at radius 2 is 1.46 bits per heavy atom. The number of aromatic nitrogens is 1. The summed E-state index contributed by atoms with van der Waals surface area (Å²) in [7, 11) is 1.79.